The molecule has 0 aliphatic carbocycles. The van der Waals surface area contributed by atoms with Gasteiger partial charge in [-0.15, -0.1) is 0 Å². The third-order valence-corrected chi connectivity index (χ3v) is 4.21. The zero-order valence-corrected chi connectivity index (χ0v) is 12.4. The maximum atomic E-state index is 5.31. The summed E-state index contributed by atoms with van der Waals surface area (Å²) in [6.07, 6.45) is 0. The van der Waals surface area contributed by atoms with E-state index in [1.54, 1.807) is 7.11 Å². The molecule has 0 atom stereocenters. The summed E-state index contributed by atoms with van der Waals surface area (Å²) < 4.78 is 5.31. The van der Waals surface area contributed by atoms with Crippen LogP contribution in [0.4, 0.5) is 0 Å². The van der Waals surface area contributed by atoms with E-state index < -0.39 is 0 Å². The molecule has 5 nitrogen and oxygen atoms in total. The number of piperazine rings is 1. The van der Waals surface area contributed by atoms with E-state index in [1.165, 1.54) is 13.1 Å². The van der Waals surface area contributed by atoms with Crippen molar-refractivity contribution >= 4 is 0 Å². The van der Waals surface area contributed by atoms with Gasteiger partial charge in [-0.3, -0.25) is 14.8 Å². The number of nitrogens with zero attached hydrogens (tertiary/aromatic N) is 3. The first-order chi connectivity index (χ1) is 9.74. The van der Waals surface area contributed by atoms with E-state index in [0.717, 1.165) is 55.9 Å². The Kier molecular flexibility index (Phi) is 4.19. The van der Waals surface area contributed by atoms with Crippen molar-refractivity contribution in [2.45, 2.75) is 19.5 Å². The number of methoxy groups -OCH3 is 1. The summed E-state index contributed by atoms with van der Waals surface area (Å²) in [4.78, 5) is 9.67. The molecule has 0 unspecified atom stereocenters. The van der Waals surface area contributed by atoms with Crippen molar-refractivity contribution in [3.8, 4) is 5.75 Å². The van der Waals surface area contributed by atoms with Crippen LogP contribution in [0.3, 0.4) is 0 Å². The summed E-state index contributed by atoms with van der Waals surface area (Å²) in [5.41, 5.74) is 2.14. The minimum Gasteiger partial charge on any atom is -0.497 e. The molecule has 0 aromatic carbocycles. The summed E-state index contributed by atoms with van der Waals surface area (Å²) in [6.45, 7) is 9.92. The molecule has 1 N–H and O–H groups in total. The number of likely N-dealkylation sites (tertiary alicyclic amines) is 1. The van der Waals surface area contributed by atoms with E-state index in [2.05, 4.69) is 20.1 Å². The molecule has 0 amide bonds. The highest BCUT2D eigenvalue weighted by Crippen LogP contribution is 2.20. The van der Waals surface area contributed by atoms with E-state index in [1.807, 2.05) is 19.1 Å². The molecule has 1 aromatic rings. The van der Waals surface area contributed by atoms with E-state index >= 15 is 0 Å². The lowest BCUT2D eigenvalue weighted by atomic mass is 10.1. The lowest BCUT2D eigenvalue weighted by Crippen LogP contribution is -2.62. The maximum absolute atomic E-state index is 5.31. The first kappa shape index (κ1) is 13.8. The summed E-state index contributed by atoms with van der Waals surface area (Å²) in [5.74, 6) is 0.909. The predicted molar refractivity (Wildman–Crippen MR) is 79.0 cm³/mol. The zero-order valence-electron chi connectivity index (χ0n) is 12.4. The lowest BCUT2D eigenvalue weighted by Gasteiger charge is -2.46. The Balaban J connectivity index is 1.52. The first-order valence-electron chi connectivity index (χ1n) is 7.43. The van der Waals surface area contributed by atoms with Crippen LogP contribution in [0.5, 0.6) is 5.75 Å². The number of pyridine rings is 1. The molecule has 5 heteroatoms. The van der Waals surface area contributed by atoms with Gasteiger partial charge in [0.25, 0.3) is 0 Å². The van der Waals surface area contributed by atoms with Gasteiger partial charge in [0.1, 0.15) is 5.75 Å². The number of nitrogens with one attached hydrogen (secondary N) is 1. The SMILES string of the molecule is COc1cc(C)nc(CN2CC(N3CCNCC3)C2)c1. The quantitative estimate of drug-likeness (QED) is 0.867. The summed E-state index contributed by atoms with van der Waals surface area (Å²) in [6, 6.07) is 4.76. The van der Waals surface area contributed by atoms with Crippen LogP contribution < -0.4 is 10.1 Å². The fraction of sp³-hybridized carbons (Fsp3) is 0.667. The third kappa shape index (κ3) is 3.11. The van der Waals surface area contributed by atoms with E-state index in [9.17, 15) is 0 Å². The van der Waals surface area contributed by atoms with Gasteiger partial charge in [-0.1, -0.05) is 0 Å². The second-order valence-electron chi connectivity index (χ2n) is 5.77. The number of hydrogen-bond donors (Lipinski definition) is 1. The number of aromatic nitrogens is 1. The van der Waals surface area contributed by atoms with Gasteiger partial charge >= 0.3 is 0 Å². The van der Waals surface area contributed by atoms with Crippen molar-refractivity contribution in [1.82, 2.24) is 20.1 Å². The Morgan fingerprint density at radius 2 is 2.05 bits per heavy atom. The predicted octanol–water partition coefficient (Wildman–Crippen LogP) is 0.488. The molecule has 0 spiro atoms. The molecule has 20 heavy (non-hydrogen) atoms. The van der Waals surface area contributed by atoms with Crippen LogP contribution in [0.25, 0.3) is 0 Å². The second kappa shape index (κ2) is 6.08. The van der Waals surface area contributed by atoms with E-state index in [4.69, 9.17) is 4.74 Å². The molecule has 3 rings (SSSR count). The Hall–Kier alpha value is -1.17. The molecule has 0 saturated carbocycles. The van der Waals surface area contributed by atoms with Gasteiger partial charge in [0.2, 0.25) is 0 Å². The second-order valence-corrected chi connectivity index (χ2v) is 5.77. The van der Waals surface area contributed by atoms with Crippen molar-refractivity contribution in [2.24, 2.45) is 0 Å². The molecule has 2 aliphatic rings. The summed E-state index contributed by atoms with van der Waals surface area (Å²) in [5, 5.41) is 3.41. The number of ether oxygens (including phenoxy) is 1. The van der Waals surface area contributed by atoms with Gasteiger partial charge in [-0.25, -0.2) is 0 Å². The van der Waals surface area contributed by atoms with Gasteiger partial charge in [-0.05, 0) is 6.92 Å². The largest absolute Gasteiger partial charge is 0.497 e. The van der Waals surface area contributed by atoms with Gasteiger partial charge in [0.05, 0.1) is 12.8 Å². The molecule has 0 radical (unpaired) electrons. The van der Waals surface area contributed by atoms with E-state index in [-0.39, 0.29) is 0 Å². The molecular formula is C15H24N4O. The van der Waals surface area contributed by atoms with Crippen LogP contribution >= 0.6 is 0 Å². The highest BCUT2D eigenvalue weighted by Gasteiger charge is 2.32. The van der Waals surface area contributed by atoms with Crippen LogP contribution in [-0.2, 0) is 6.54 Å². The Morgan fingerprint density at radius 1 is 1.30 bits per heavy atom. The van der Waals surface area contributed by atoms with Gasteiger partial charge < -0.3 is 10.1 Å². The Morgan fingerprint density at radius 3 is 2.75 bits per heavy atom. The molecule has 110 valence electrons. The van der Waals surface area contributed by atoms with Crippen molar-refractivity contribution in [3.63, 3.8) is 0 Å². The maximum Gasteiger partial charge on any atom is 0.122 e. The molecule has 2 aliphatic heterocycles. The Labute approximate surface area is 120 Å². The van der Waals surface area contributed by atoms with E-state index in [0.29, 0.717) is 0 Å². The fourth-order valence-corrected chi connectivity index (χ4v) is 3.08. The highest BCUT2D eigenvalue weighted by molar-refractivity contribution is 5.26. The molecule has 3 heterocycles. The van der Waals surface area contributed by atoms with Gasteiger partial charge in [0.15, 0.2) is 0 Å². The average molecular weight is 276 g/mol. The fourth-order valence-electron chi connectivity index (χ4n) is 3.08. The smallest absolute Gasteiger partial charge is 0.122 e. The third-order valence-electron chi connectivity index (χ3n) is 4.21. The van der Waals surface area contributed by atoms with Gasteiger partial charge in [-0.2, -0.15) is 0 Å². The van der Waals surface area contributed by atoms with Crippen LogP contribution in [0, 0.1) is 6.92 Å². The minimum atomic E-state index is 0.740. The Bertz CT molecular complexity index is 453. The summed E-state index contributed by atoms with van der Waals surface area (Å²) in [7, 11) is 1.71. The molecule has 0 bridgehead atoms. The number of hydrogen-bond acceptors (Lipinski definition) is 5. The minimum absolute atomic E-state index is 0.740. The normalized spacial score (nSPS) is 21.7. The average Bonchev–Trinajstić information content (AvgIpc) is 2.42. The van der Waals surface area contributed by atoms with Crippen molar-refractivity contribution < 1.29 is 4.74 Å². The number of rotatable bonds is 4. The topological polar surface area (TPSA) is 40.6 Å². The van der Waals surface area contributed by atoms with Crippen molar-refractivity contribution in [1.29, 1.82) is 0 Å². The van der Waals surface area contributed by atoms with Crippen molar-refractivity contribution in [2.75, 3.05) is 46.4 Å². The van der Waals surface area contributed by atoms with Gasteiger partial charge in [0, 0.05) is 69.7 Å². The lowest BCUT2D eigenvalue weighted by molar-refractivity contribution is 0.0215. The highest BCUT2D eigenvalue weighted by atomic mass is 16.5. The van der Waals surface area contributed by atoms with Crippen LogP contribution in [0.2, 0.25) is 0 Å². The van der Waals surface area contributed by atoms with Crippen molar-refractivity contribution in [3.05, 3.63) is 23.5 Å². The molecule has 2 fully saturated rings. The standard InChI is InChI=1S/C15H24N4O/c1-12-7-15(20-2)8-13(17-12)9-18-10-14(11-18)19-5-3-16-4-6-19/h7-8,14,16H,3-6,9-11H2,1-2H3. The molecular weight excluding hydrogens is 252 g/mol. The molecule has 2 saturated heterocycles. The molecule has 1 aromatic heterocycles. The summed E-state index contributed by atoms with van der Waals surface area (Å²) >= 11 is 0. The monoisotopic (exact) mass is 276 g/mol. The van der Waals surface area contributed by atoms with Crippen LogP contribution in [0.1, 0.15) is 11.4 Å². The zero-order chi connectivity index (χ0) is 13.9. The van der Waals surface area contributed by atoms with Crippen LogP contribution in [-0.4, -0.2) is 67.2 Å². The number of aryl methyl sites for hydroxylation is 1. The van der Waals surface area contributed by atoms with Crippen LogP contribution in [0.15, 0.2) is 12.1 Å². The first-order valence-corrected chi connectivity index (χ1v) is 7.43.